The van der Waals surface area contributed by atoms with Crippen LogP contribution in [0.2, 0.25) is 0 Å². The van der Waals surface area contributed by atoms with Crippen LogP contribution in [0, 0.1) is 0 Å². The van der Waals surface area contributed by atoms with Crippen LogP contribution in [0.4, 0.5) is 0 Å². The second-order valence-corrected chi connectivity index (χ2v) is 4.01. The number of carbonyl (C=O) groups is 1. The first kappa shape index (κ1) is 12.1. The molecular weight excluding hydrogens is 234 g/mol. The minimum absolute atomic E-state index is 0.0856. The Labute approximate surface area is 104 Å². The second-order valence-electron chi connectivity index (χ2n) is 4.01. The average molecular weight is 247 g/mol. The summed E-state index contributed by atoms with van der Waals surface area (Å²) in [5, 5.41) is 16.0. The van der Waals surface area contributed by atoms with Gasteiger partial charge in [-0.05, 0) is 38.1 Å². The van der Waals surface area contributed by atoms with Crippen molar-refractivity contribution in [2.24, 2.45) is 0 Å². The number of nitrogens with zero attached hydrogens (tertiary/aromatic N) is 3. The highest BCUT2D eigenvalue weighted by Gasteiger charge is 2.09. The first-order valence-electron chi connectivity index (χ1n) is 5.49. The van der Waals surface area contributed by atoms with Crippen LogP contribution in [0.3, 0.4) is 0 Å². The normalized spacial score (nSPS) is 10.6. The molecule has 18 heavy (non-hydrogen) atoms. The molecule has 0 amide bonds. The van der Waals surface area contributed by atoms with Gasteiger partial charge in [0.1, 0.15) is 5.75 Å². The van der Waals surface area contributed by atoms with Gasteiger partial charge in [0.2, 0.25) is 0 Å². The molecule has 0 unspecified atom stereocenters. The second kappa shape index (κ2) is 4.87. The number of aromatic nitrogens is 3. The number of aromatic carboxylic acids is 1. The van der Waals surface area contributed by atoms with Gasteiger partial charge in [0.25, 0.3) is 0 Å². The Balaban J connectivity index is 2.20. The molecule has 1 aromatic carbocycles. The highest BCUT2D eigenvalue weighted by molar-refractivity contribution is 5.84. The van der Waals surface area contributed by atoms with Crippen molar-refractivity contribution in [3.8, 4) is 11.4 Å². The van der Waals surface area contributed by atoms with Crippen LogP contribution in [0.25, 0.3) is 5.69 Å². The summed E-state index contributed by atoms with van der Waals surface area (Å²) in [5.41, 5.74) is 0.642. The van der Waals surface area contributed by atoms with Gasteiger partial charge in [-0.3, -0.25) is 0 Å². The molecule has 0 saturated heterocycles. The zero-order chi connectivity index (χ0) is 13.1. The van der Waals surface area contributed by atoms with Crippen LogP contribution in [0.15, 0.2) is 30.5 Å². The van der Waals surface area contributed by atoms with E-state index in [1.54, 1.807) is 24.3 Å². The Bertz CT molecular complexity index is 546. The molecule has 0 spiro atoms. The Morgan fingerprint density at radius 2 is 2.00 bits per heavy atom. The largest absolute Gasteiger partial charge is 0.491 e. The molecular formula is C12H13N3O3. The number of hydrogen-bond donors (Lipinski definition) is 1. The third-order valence-electron chi connectivity index (χ3n) is 2.19. The van der Waals surface area contributed by atoms with Crippen LogP contribution in [0.1, 0.15) is 24.3 Å². The van der Waals surface area contributed by atoms with Crippen molar-refractivity contribution in [3.05, 3.63) is 36.2 Å². The number of ether oxygens (including phenoxy) is 1. The zero-order valence-corrected chi connectivity index (χ0v) is 10.1. The first-order chi connectivity index (χ1) is 8.56. The summed E-state index contributed by atoms with van der Waals surface area (Å²) in [4.78, 5) is 10.7. The van der Waals surface area contributed by atoms with E-state index in [1.807, 2.05) is 13.8 Å². The minimum Gasteiger partial charge on any atom is -0.491 e. The highest BCUT2D eigenvalue weighted by Crippen LogP contribution is 2.16. The van der Waals surface area contributed by atoms with E-state index >= 15 is 0 Å². The first-order valence-corrected chi connectivity index (χ1v) is 5.49. The molecule has 0 saturated carbocycles. The number of hydrogen-bond acceptors (Lipinski definition) is 4. The van der Waals surface area contributed by atoms with Crippen LogP contribution >= 0.6 is 0 Å². The van der Waals surface area contributed by atoms with E-state index in [0.29, 0.717) is 0 Å². The fourth-order valence-electron chi connectivity index (χ4n) is 1.44. The van der Waals surface area contributed by atoms with E-state index in [-0.39, 0.29) is 11.8 Å². The highest BCUT2D eigenvalue weighted by atomic mass is 16.5. The topological polar surface area (TPSA) is 77.2 Å². The van der Waals surface area contributed by atoms with E-state index in [9.17, 15) is 4.79 Å². The molecule has 1 N–H and O–H groups in total. The fraction of sp³-hybridized carbons (Fsp3) is 0.250. The van der Waals surface area contributed by atoms with Crippen molar-refractivity contribution in [3.63, 3.8) is 0 Å². The number of carboxylic acids is 1. The van der Waals surface area contributed by atoms with Gasteiger partial charge < -0.3 is 9.84 Å². The average Bonchev–Trinajstić information content (AvgIpc) is 2.78. The van der Waals surface area contributed by atoms with E-state index < -0.39 is 5.97 Å². The van der Waals surface area contributed by atoms with Gasteiger partial charge in [-0.2, -0.15) is 0 Å². The van der Waals surface area contributed by atoms with Gasteiger partial charge in [0.05, 0.1) is 18.0 Å². The molecule has 0 aliphatic carbocycles. The molecule has 1 aromatic heterocycles. The molecule has 0 bridgehead atoms. The fourth-order valence-corrected chi connectivity index (χ4v) is 1.44. The Kier molecular flexibility index (Phi) is 3.27. The summed E-state index contributed by atoms with van der Waals surface area (Å²) in [6.45, 7) is 3.90. The maximum absolute atomic E-state index is 10.7. The Morgan fingerprint density at radius 1 is 1.33 bits per heavy atom. The summed E-state index contributed by atoms with van der Waals surface area (Å²) >= 11 is 0. The van der Waals surface area contributed by atoms with Crippen LogP contribution in [-0.2, 0) is 0 Å². The summed E-state index contributed by atoms with van der Waals surface area (Å²) in [7, 11) is 0. The maximum Gasteiger partial charge on any atom is 0.358 e. The molecule has 0 fully saturated rings. The van der Waals surface area contributed by atoms with E-state index in [2.05, 4.69) is 10.3 Å². The molecule has 2 rings (SSSR count). The lowest BCUT2D eigenvalue weighted by molar-refractivity contribution is 0.0690. The lowest BCUT2D eigenvalue weighted by Crippen LogP contribution is -2.05. The summed E-state index contributed by atoms with van der Waals surface area (Å²) in [6, 6.07) is 7.19. The molecule has 94 valence electrons. The Hall–Kier alpha value is -2.37. The lowest BCUT2D eigenvalue weighted by Gasteiger charge is -2.09. The summed E-state index contributed by atoms with van der Waals surface area (Å²) in [6.07, 6.45) is 1.47. The smallest absolute Gasteiger partial charge is 0.358 e. The van der Waals surface area contributed by atoms with Crippen molar-refractivity contribution >= 4 is 5.97 Å². The van der Waals surface area contributed by atoms with Gasteiger partial charge >= 0.3 is 5.97 Å². The molecule has 6 heteroatoms. The summed E-state index contributed by atoms with van der Waals surface area (Å²) in [5.74, 6) is -0.340. The molecule has 6 nitrogen and oxygen atoms in total. The molecule has 0 aliphatic rings. The SMILES string of the molecule is CC(C)Oc1ccc(-n2cc(C(=O)O)nn2)cc1. The number of rotatable bonds is 4. The quantitative estimate of drug-likeness (QED) is 0.890. The lowest BCUT2D eigenvalue weighted by atomic mass is 10.3. The molecule has 0 atom stereocenters. The molecule has 1 heterocycles. The van der Waals surface area contributed by atoms with E-state index in [1.165, 1.54) is 10.9 Å². The van der Waals surface area contributed by atoms with Crippen molar-refractivity contribution in [1.29, 1.82) is 0 Å². The standard InChI is InChI=1S/C12H13N3O3/c1-8(2)18-10-5-3-9(4-6-10)15-7-11(12(16)17)13-14-15/h3-8H,1-2H3,(H,16,17). The Morgan fingerprint density at radius 3 is 2.50 bits per heavy atom. The summed E-state index contributed by atoms with van der Waals surface area (Å²) < 4.78 is 6.91. The third-order valence-corrected chi connectivity index (χ3v) is 2.19. The zero-order valence-electron chi connectivity index (χ0n) is 10.1. The predicted molar refractivity (Wildman–Crippen MR) is 64.1 cm³/mol. The van der Waals surface area contributed by atoms with E-state index in [0.717, 1.165) is 11.4 Å². The van der Waals surface area contributed by atoms with Gasteiger partial charge in [-0.25, -0.2) is 9.48 Å². The van der Waals surface area contributed by atoms with Crippen molar-refractivity contribution in [2.75, 3.05) is 0 Å². The minimum atomic E-state index is -1.10. The van der Waals surface area contributed by atoms with Crippen molar-refractivity contribution in [1.82, 2.24) is 15.0 Å². The maximum atomic E-state index is 10.7. The van der Waals surface area contributed by atoms with Gasteiger partial charge in [0, 0.05) is 0 Å². The molecule has 0 radical (unpaired) electrons. The van der Waals surface area contributed by atoms with Gasteiger partial charge in [-0.15, -0.1) is 5.10 Å². The molecule has 0 aliphatic heterocycles. The van der Waals surface area contributed by atoms with Crippen LogP contribution < -0.4 is 4.74 Å². The van der Waals surface area contributed by atoms with Crippen molar-refractivity contribution < 1.29 is 14.6 Å². The molecule has 2 aromatic rings. The van der Waals surface area contributed by atoms with Gasteiger partial charge in [-0.1, -0.05) is 5.21 Å². The predicted octanol–water partition coefficient (Wildman–Crippen LogP) is 1.75. The van der Waals surface area contributed by atoms with Crippen LogP contribution in [0.5, 0.6) is 5.75 Å². The van der Waals surface area contributed by atoms with Crippen LogP contribution in [-0.4, -0.2) is 32.2 Å². The third kappa shape index (κ3) is 2.65. The number of carboxylic acid groups (broad SMARTS) is 1. The van der Waals surface area contributed by atoms with Gasteiger partial charge in [0.15, 0.2) is 5.69 Å². The van der Waals surface area contributed by atoms with E-state index in [4.69, 9.17) is 9.84 Å². The van der Waals surface area contributed by atoms with Crippen molar-refractivity contribution in [2.45, 2.75) is 20.0 Å². The number of benzene rings is 1. The monoisotopic (exact) mass is 247 g/mol.